The average molecular weight is 434 g/mol. The van der Waals surface area contributed by atoms with Crippen LogP contribution in [0.4, 0.5) is 0 Å². The largest absolute Gasteiger partial charge is 0.481 e. The predicted molar refractivity (Wildman–Crippen MR) is 109 cm³/mol. The number of aryl methyl sites for hydroxylation is 1. The molecule has 3 rings (SSSR count). The molecule has 0 bridgehead atoms. The smallest absolute Gasteiger partial charge is 0.303 e. The van der Waals surface area contributed by atoms with Crippen LogP contribution in [0.15, 0.2) is 72.1 Å². The van der Waals surface area contributed by atoms with Crippen molar-refractivity contribution in [3.8, 4) is 0 Å². The quantitative estimate of drug-likeness (QED) is 0.540. The number of nitrogens with one attached hydrogen (secondary N) is 1. The van der Waals surface area contributed by atoms with Gasteiger partial charge in [0.2, 0.25) is 10.0 Å². The average Bonchev–Trinajstić information content (AvgIpc) is 3.22. The lowest BCUT2D eigenvalue weighted by molar-refractivity contribution is -0.136. The number of rotatable bonds is 9. The van der Waals surface area contributed by atoms with E-state index in [1.165, 1.54) is 24.3 Å². The monoisotopic (exact) mass is 433 g/mol. The lowest BCUT2D eigenvalue weighted by Crippen LogP contribution is -2.31. The molecule has 152 valence electrons. The molecule has 0 saturated heterocycles. The van der Waals surface area contributed by atoms with Crippen molar-refractivity contribution in [1.29, 1.82) is 0 Å². The maximum absolute atomic E-state index is 12.6. The van der Waals surface area contributed by atoms with Crippen LogP contribution in [0, 0.1) is 0 Å². The molecular weight excluding hydrogens is 414 g/mol. The first-order valence-electron chi connectivity index (χ1n) is 8.88. The van der Waals surface area contributed by atoms with Crippen molar-refractivity contribution in [2.45, 2.75) is 23.8 Å². The van der Waals surface area contributed by atoms with Gasteiger partial charge in [0.15, 0.2) is 0 Å². The van der Waals surface area contributed by atoms with Gasteiger partial charge >= 0.3 is 5.97 Å². The van der Waals surface area contributed by atoms with Crippen LogP contribution in [0.25, 0.3) is 0 Å². The van der Waals surface area contributed by atoms with Crippen LogP contribution >= 0.6 is 11.6 Å². The highest BCUT2D eigenvalue weighted by molar-refractivity contribution is 7.89. The molecule has 0 saturated carbocycles. The van der Waals surface area contributed by atoms with Crippen molar-refractivity contribution in [3.05, 3.63) is 83.4 Å². The Kier molecular flexibility index (Phi) is 6.68. The molecule has 0 aliphatic carbocycles. The standard InChI is InChI=1S/C20H20ClN3O4S/c21-17-6-8-18(9-7-17)29(27,28)23-13-19(24-12-11-22-14-24)16-4-1-15(2-5-16)3-10-20(25)26/h1-2,4-9,11-12,14,19,23H,3,10,13H2,(H,25,26). The Labute approximate surface area is 174 Å². The van der Waals surface area contributed by atoms with Gasteiger partial charge in [0.1, 0.15) is 0 Å². The number of carboxylic acid groups (broad SMARTS) is 1. The van der Waals surface area contributed by atoms with Gasteiger partial charge in [0, 0.05) is 30.4 Å². The van der Waals surface area contributed by atoms with Gasteiger partial charge in [0.25, 0.3) is 0 Å². The molecule has 9 heteroatoms. The minimum absolute atomic E-state index is 0.0607. The Morgan fingerprint density at radius 1 is 1.14 bits per heavy atom. The van der Waals surface area contributed by atoms with E-state index in [-0.39, 0.29) is 23.9 Å². The minimum atomic E-state index is -3.71. The Morgan fingerprint density at radius 3 is 2.41 bits per heavy atom. The van der Waals surface area contributed by atoms with Crippen molar-refractivity contribution < 1.29 is 18.3 Å². The zero-order valence-electron chi connectivity index (χ0n) is 15.4. The first kappa shape index (κ1) is 21.0. The maximum Gasteiger partial charge on any atom is 0.303 e. The third-order valence-electron chi connectivity index (χ3n) is 4.47. The van der Waals surface area contributed by atoms with E-state index in [9.17, 15) is 13.2 Å². The Morgan fingerprint density at radius 2 is 1.83 bits per heavy atom. The van der Waals surface area contributed by atoms with Crippen molar-refractivity contribution in [3.63, 3.8) is 0 Å². The fraction of sp³-hybridized carbons (Fsp3) is 0.200. The third kappa shape index (κ3) is 5.66. The number of benzene rings is 2. The highest BCUT2D eigenvalue weighted by Gasteiger charge is 2.19. The molecule has 1 aromatic heterocycles. The molecule has 0 spiro atoms. The number of aromatic nitrogens is 2. The van der Waals surface area contributed by atoms with E-state index in [1.807, 2.05) is 28.8 Å². The summed E-state index contributed by atoms with van der Waals surface area (Å²) in [6.07, 6.45) is 5.51. The number of carboxylic acids is 1. The molecule has 7 nitrogen and oxygen atoms in total. The van der Waals surface area contributed by atoms with Gasteiger partial charge < -0.3 is 9.67 Å². The van der Waals surface area contributed by atoms with Crippen LogP contribution in [0.1, 0.15) is 23.6 Å². The van der Waals surface area contributed by atoms with E-state index in [2.05, 4.69) is 9.71 Å². The molecular formula is C20H20ClN3O4S. The predicted octanol–water partition coefficient (Wildman–Crippen LogP) is 3.12. The van der Waals surface area contributed by atoms with E-state index >= 15 is 0 Å². The molecule has 1 heterocycles. The van der Waals surface area contributed by atoms with Crippen LogP contribution in [-0.2, 0) is 21.2 Å². The SMILES string of the molecule is O=C(O)CCc1ccc(C(CNS(=O)(=O)c2ccc(Cl)cc2)n2ccnc2)cc1. The number of sulfonamides is 1. The second kappa shape index (κ2) is 9.21. The molecule has 1 atom stereocenters. The van der Waals surface area contributed by atoms with E-state index in [0.29, 0.717) is 11.4 Å². The zero-order chi connectivity index (χ0) is 20.9. The summed E-state index contributed by atoms with van der Waals surface area (Å²) < 4.78 is 29.7. The van der Waals surface area contributed by atoms with Gasteiger partial charge in [-0.15, -0.1) is 0 Å². The molecule has 2 aromatic carbocycles. The lowest BCUT2D eigenvalue weighted by atomic mass is 10.0. The zero-order valence-corrected chi connectivity index (χ0v) is 17.0. The highest BCUT2D eigenvalue weighted by Crippen LogP contribution is 2.20. The summed E-state index contributed by atoms with van der Waals surface area (Å²) in [6.45, 7) is 0.121. The minimum Gasteiger partial charge on any atom is -0.481 e. The highest BCUT2D eigenvalue weighted by atomic mass is 35.5. The molecule has 0 aliphatic heterocycles. The second-order valence-corrected chi connectivity index (χ2v) is 8.67. The van der Waals surface area contributed by atoms with Gasteiger partial charge in [-0.3, -0.25) is 4.79 Å². The molecule has 0 radical (unpaired) electrons. The van der Waals surface area contributed by atoms with Gasteiger partial charge in [-0.1, -0.05) is 35.9 Å². The number of hydrogen-bond donors (Lipinski definition) is 2. The summed E-state index contributed by atoms with van der Waals surface area (Å²) in [7, 11) is -3.71. The van der Waals surface area contributed by atoms with Gasteiger partial charge in [-0.2, -0.15) is 0 Å². The normalized spacial score (nSPS) is 12.6. The van der Waals surface area contributed by atoms with Crippen molar-refractivity contribution in [2.24, 2.45) is 0 Å². The van der Waals surface area contributed by atoms with Gasteiger partial charge in [-0.25, -0.2) is 18.1 Å². The number of nitrogens with zero attached hydrogens (tertiary/aromatic N) is 2. The molecule has 1 unspecified atom stereocenters. The Balaban J connectivity index is 1.78. The summed E-state index contributed by atoms with van der Waals surface area (Å²) in [5.41, 5.74) is 1.78. The number of hydrogen-bond acceptors (Lipinski definition) is 4. The van der Waals surface area contributed by atoms with Crippen molar-refractivity contribution >= 4 is 27.6 Å². The number of aliphatic carboxylic acids is 1. The van der Waals surface area contributed by atoms with E-state index in [1.54, 1.807) is 18.7 Å². The topological polar surface area (TPSA) is 101 Å². The van der Waals surface area contributed by atoms with E-state index < -0.39 is 16.0 Å². The summed E-state index contributed by atoms with van der Waals surface area (Å²) >= 11 is 5.83. The van der Waals surface area contributed by atoms with Crippen molar-refractivity contribution in [2.75, 3.05) is 6.54 Å². The maximum atomic E-state index is 12.6. The van der Waals surface area contributed by atoms with Crippen LogP contribution in [-0.4, -0.2) is 35.6 Å². The fourth-order valence-corrected chi connectivity index (χ4v) is 4.06. The Hall–Kier alpha value is -2.68. The summed E-state index contributed by atoms with van der Waals surface area (Å²) in [5.74, 6) is -0.845. The third-order valence-corrected chi connectivity index (χ3v) is 6.16. The number of carbonyl (C=O) groups is 1. The van der Waals surface area contributed by atoms with Crippen LogP contribution in [0.5, 0.6) is 0 Å². The summed E-state index contributed by atoms with van der Waals surface area (Å²) in [4.78, 5) is 14.9. The summed E-state index contributed by atoms with van der Waals surface area (Å²) in [5, 5.41) is 9.28. The molecule has 0 aliphatic rings. The van der Waals surface area contributed by atoms with Crippen LogP contribution in [0.2, 0.25) is 5.02 Å². The fourth-order valence-electron chi connectivity index (χ4n) is 2.89. The van der Waals surface area contributed by atoms with E-state index in [4.69, 9.17) is 16.7 Å². The molecule has 29 heavy (non-hydrogen) atoms. The molecule has 0 amide bonds. The first-order chi connectivity index (χ1) is 13.8. The van der Waals surface area contributed by atoms with Crippen LogP contribution < -0.4 is 4.72 Å². The first-order valence-corrected chi connectivity index (χ1v) is 10.7. The molecule has 2 N–H and O–H groups in total. The van der Waals surface area contributed by atoms with Crippen LogP contribution in [0.3, 0.4) is 0 Å². The summed E-state index contributed by atoms with van der Waals surface area (Å²) in [6, 6.07) is 13.1. The molecule has 3 aromatic rings. The van der Waals surface area contributed by atoms with Gasteiger partial charge in [-0.05, 0) is 41.8 Å². The van der Waals surface area contributed by atoms with E-state index in [0.717, 1.165) is 11.1 Å². The van der Waals surface area contributed by atoms with Gasteiger partial charge in [0.05, 0.1) is 17.3 Å². The molecule has 0 fully saturated rings. The second-order valence-electron chi connectivity index (χ2n) is 6.47. The Bertz CT molecular complexity index is 1050. The van der Waals surface area contributed by atoms with Crippen molar-refractivity contribution in [1.82, 2.24) is 14.3 Å². The number of imidazole rings is 1. The lowest BCUT2D eigenvalue weighted by Gasteiger charge is -2.20. The number of halogens is 1.